The van der Waals surface area contributed by atoms with Gasteiger partial charge in [-0.15, -0.1) is 0 Å². The number of ether oxygens (including phenoxy) is 1. The van der Waals surface area contributed by atoms with Gasteiger partial charge in [0.25, 0.3) is 5.22 Å². The third-order valence-electron chi connectivity index (χ3n) is 2.78. The number of hydrogen-bond acceptors (Lipinski definition) is 5. The lowest BCUT2D eigenvalue weighted by molar-refractivity contribution is 0.108. The summed E-state index contributed by atoms with van der Waals surface area (Å²) in [6.07, 6.45) is 0. The SMILES string of the molecule is COc1ccc(C(=O)Sc2nc3ccccc3o2)cc1. The summed E-state index contributed by atoms with van der Waals surface area (Å²) in [6, 6.07) is 14.4. The molecule has 1 heterocycles. The topological polar surface area (TPSA) is 52.3 Å². The number of methoxy groups -OCH3 is 1. The van der Waals surface area contributed by atoms with Gasteiger partial charge in [-0.3, -0.25) is 4.79 Å². The van der Waals surface area contributed by atoms with E-state index in [4.69, 9.17) is 9.15 Å². The molecule has 0 aliphatic heterocycles. The highest BCUT2D eigenvalue weighted by atomic mass is 32.2. The second kappa shape index (κ2) is 5.38. The van der Waals surface area contributed by atoms with E-state index in [1.165, 1.54) is 0 Å². The van der Waals surface area contributed by atoms with E-state index in [1.807, 2.05) is 24.3 Å². The summed E-state index contributed by atoms with van der Waals surface area (Å²) < 4.78 is 10.6. The van der Waals surface area contributed by atoms with Gasteiger partial charge < -0.3 is 9.15 Å². The number of fused-ring (bicyclic) bond motifs is 1. The Hall–Kier alpha value is -2.27. The third-order valence-corrected chi connectivity index (χ3v) is 3.55. The average Bonchev–Trinajstić information content (AvgIpc) is 2.89. The van der Waals surface area contributed by atoms with Crippen molar-refractivity contribution in [2.75, 3.05) is 7.11 Å². The number of carbonyl (C=O) groups excluding carboxylic acids is 1. The monoisotopic (exact) mass is 285 g/mol. The lowest BCUT2D eigenvalue weighted by atomic mass is 10.2. The number of para-hydroxylation sites is 2. The Morgan fingerprint density at radius 1 is 1.15 bits per heavy atom. The molecule has 20 heavy (non-hydrogen) atoms. The van der Waals surface area contributed by atoms with Crippen molar-refractivity contribution >= 4 is 28.0 Å². The Balaban J connectivity index is 1.80. The van der Waals surface area contributed by atoms with Crippen molar-refractivity contribution in [1.82, 2.24) is 4.98 Å². The smallest absolute Gasteiger partial charge is 0.264 e. The zero-order chi connectivity index (χ0) is 13.9. The van der Waals surface area contributed by atoms with Crippen LogP contribution in [0.15, 0.2) is 58.2 Å². The summed E-state index contributed by atoms with van der Waals surface area (Å²) in [7, 11) is 1.59. The van der Waals surface area contributed by atoms with Gasteiger partial charge in [-0.1, -0.05) is 12.1 Å². The minimum atomic E-state index is -0.112. The molecule has 0 radical (unpaired) electrons. The van der Waals surface area contributed by atoms with Crippen molar-refractivity contribution in [1.29, 1.82) is 0 Å². The molecule has 1 aromatic heterocycles. The first-order valence-corrected chi connectivity index (χ1v) is 6.80. The maximum absolute atomic E-state index is 12.1. The van der Waals surface area contributed by atoms with E-state index in [-0.39, 0.29) is 5.12 Å². The molecule has 0 N–H and O–H groups in total. The van der Waals surface area contributed by atoms with E-state index in [2.05, 4.69) is 4.98 Å². The van der Waals surface area contributed by atoms with Crippen LogP contribution in [0.5, 0.6) is 5.75 Å². The molecule has 5 heteroatoms. The summed E-state index contributed by atoms with van der Waals surface area (Å²) in [4.78, 5) is 16.4. The number of nitrogens with zero attached hydrogens (tertiary/aromatic N) is 1. The van der Waals surface area contributed by atoms with Crippen molar-refractivity contribution in [3.63, 3.8) is 0 Å². The van der Waals surface area contributed by atoms with Gasteiger partial charge >= 0.3 is 0 Å². The third kappa shape index (κ3) is 2.53. The molecule has 0 saturated heterocycles. The molecule has 3 rings (SSSR count). The van der Waals surface area contributed by atoms with E-state index in [0.29, 0.717) is 22.1 Å². The molecule has 2 aromatic carbocycles. The van der Waals surface area contributed by atoms with Crippen molar-refractivity contribution in [3.8, 4) is 5.75 Å². The highest BCUT2D eigenvalue weighted by Gasteiger charge is 2.13. The van der Waals surface area contributed by atoms with Crippen LogP contribution in [0.2, 0.25) is 0 Å². The molecular weight excluding hydrogens is 274 g/mol. The molecule has 100 valence electrons. The largest absolute Gasteiger partial charge is 0.497 e. The molecule has 0 amide bonds. The number of benzene rings is 2. The highest BCUT2D eigenvalue weighted by Crippen LogP contribution is 2.26. The van der Waals surface area contributed by atoms with Gasteiger partial charge in [0.2, 0.25) is 5.12 Å². The molecule has 3 aromatic rings. The van der Waals surface area contributed by atoms with Gasteiger partial charge in [-0.05, 0) is 36.4 Å². The van der Waals surface area contributed by atoms with Crippen LogP contribution in [0.4, 0.5) is 0 Å². The summed E-state index contributed by atoms with van der Waals surface area (Å²) in [5.41, 5.74) is 2.01. The quantitative estimate of drug-likeness (QED) is 0.686. The number of hydrogen-bond donors (Lipinski definition) is 0. The number of carbonyl (C=O) groups is 1. The van der Waals surface area contributed by atoms with E-state index < -0.39 is 0 Å². The van der Waals surface area contributed by atoms with E-state index in [0.717, 1.165) is 17.3 Å². The highest BCUT2D eigenvalue weighted by molar-refractivity contribution is 8.14. The van der Waals surface area contributed by atoms with Gasteiger partial charge in [0.05, 0.1) is 7.11 Å². The van der Waals surface area contributed by atoms with Gasteiger partial charge in [-0.2, -0.15) is 0 Å². The zero-order valence-electron chi connectivity index (χ0n) is 10.7. The summed E-state index contributed by atoms with van der Waals surface area (Å²) >= 11 is 0.978. The first-order valence-electron chi connectivity index (χ1n) is 5.98. The molecule has 0 spiro atoms. The molecule has 0 fully saturated rings. The van der Waals surface area contributed by atoms with Gasteiger partial charge in [0.1, 0.15) is 11.3 Å². The van der Waals surface area contributed by atoms with Crippen LogP contribution in [0.1, 0.15) is 10.4 Å². The van der Waals surface area contributed by atoms with Crippen molar-refractivity contribution in [2.45, 2.75) is 5.22 Å². The average molecular weight is 285 g/mol. The number of oxazole rings is 1. The Morgan fingerprint density at radius 3 is 2.60 bits per heavy atom. The summed E-state index contributed by atoms with van der Waals surface area (Å²) in [6.45, 7) is 0. The van der Waals surface area contributed by atoms with Gasteiger partial charge in [-0.25, -0.2) is 4.98 Å². The van der Waals surface area contributed by atoms with Gasteiger partial charge in [0.15, 0.2) is 5.58 Å². The van der Waals surface area contributed by atoms with Gasteiger partial charge in [0, 0.05) is 17.3 Å². The molecule has 4 nitrogen and oxygen atoms in total. The molecule has 0 saturated carbocycles. The first-order chi connectivity index (χ1) is 9.76. The molecular formula is C15H11NO3S. The number of rotatable bonds is 3. The van der Waals surface area contributed by atoms with Crippen LogP contribution >= 0.6 is 11.8 Å². The zero-order valence-corrected chi connectivity index (χ0v) is 11.5. The fourth-order valence-electron chi connectivity index (χ4n) is 1.76. The van der Waals surface area contributed by atoms with Crippen LogP contribution in [0, 0.1) is 0 Å². The van der Waals surface area contributed by atoms with Crippen LogP contribution < -0.4 is 4.74 Å². The number of thioether (sulfide) groups is 1. The molecule has 0 aliphatic rings. The van der Waals surface area contributed by atoms with Crippen LogP contribution in [-0.4, -0.2) is 17.2 Å². The minimum absolute atomic E-state index is 0.112. The standard InChI is InChI=1S/C15H11NO3S/c1-18-11-8-6-10(7-9-11)14(17)20-15-16-12-4-2-3-5-13(12)19-15/h2-9H,1H3. The molecule has 0 atom stereocenters. The predicted octanol–water partition coefficient (Wildman–Crippen LogP) is 3.77. The Kier molecular flexibility index (Phi) is 3.43. The Morgan fingerprint density at radius 2 is 1.90 bits per heavy atom. The van der Waals surface area contributed by atoms with Crippen molar-refractivity contribution in [2.24, 2.45) is 0 Å². The molecule has 0 unspecified atom stereocenters. The second-order valence-electron chi connectivity index (χ2n) is 4.07. The maximum atomic E-state index is 12.1. The summed E-state index contributed by atoms with van der Waals surface area (Å²) in [5, 5.41) is 0.242. The van der Waals surface area contributed by atoms with Crippen molar-refractivity contribution < 1.29 is 13.9 Å². The Bertz CT molecular complexity index is 716. The lowest BCUT2D eigenvalue weighted by Crippen LogP contribution is -1.93. The second-order valence-corrected chi connectivity index (χ2v) is 4.99. The summed E-state index contributed by atoms with van der Waals surface area (Å²) in [5.74, 6) is 0.716. The number of aromatic nitrogens is 1. The molecule has 0 bridgehead atoms. The predicted molar refractivity (Wildman–Crippen MR) is 77.2 cm³/mol. The Labute approximate surface area is 119 Å². The molecule has 0 aliphatic carbocycles. The first kappa shape index (κ1) is 12.7. The fraction of sp³-hybridized carbons (Fsp3) is 0.0667. The van der Waals surface area contributed by atoms with Crippen LogP contribution in [0.3, 0.4) is 0 Å². The maximum Gasteiger partial charge on any atom is 0.264 e. The normalized spacial score (nSPS) is 10.7. The van der Waals surface area contributed by atoms with E-state index in [1.54, 1.807) is 31.4 Å². The van der Waals surface area contributed by atoms with E-state index >= 15 is 0 Å². The fourth-order valence-corrected chi connectivity index (χ4v) is 2.45. The van der Waals surface area contributed by atoms with Crippen LogP contribution in [0.25, 0.3) is 11.1 Å². The lowest BCUT2D eigenvalue weighted by Gasteiger charge is -2.00. The van der Waals surface area contributed by atoms with Crippen LogP contribution in [-0.2, 0) is 0 Å². The van der Waals surface area contributed by atoms with E-state index in [9.17, 15) is 4.79 Å². The minimum Gasteiger partial charge on any atom is -0.497 e. The van der Waals surface area contributed by atoms with Crippen molar-refractivity contribution in [3.05, 3.63) is 54.1 Å².